The van der Waals surface area contributed by atoms with Crippen LogP contribution in [-0.2, 0) is 6.42 Å². The predicted molar refractivity (Wildman–Crippen MR) is 97.1 cm³/mol. The largest absolute Gasteiger partial charge is 0.437 e. The Balaban J connectivity index is 1.82. The van der Waals surface area contributed by atoms with Crippen molar-refractivity contribution in [2.45, 2.75) is 13.3 Å². The Bertz CT molecular complexity index is 837. The van der Waals surface area contributed by atoms with Crippen LogP contribution in [0.1, 0.15) is 12.5 Å². The van der Waals surface area contributed by atoms with Crippen LogP contribution in [0.15, 0.2) is 54.9 Å². The molecule has 0 unspecified atom stereocenters. The summed E-state index contributed by atoms with van der Waals surface area (Å²) in [5.41, 5.74) is 8.48. The van der Waals surface area contributed by atoms with Gasteiger partial charge in [0.15, 0.2) is 5.82 Å². The van der Waals surface area contributed by atoms with Gasteiger partial charge >= 0.3 is 0 Å². The van der Waals surface area contributed by atoms with Crippen LogP contribution in [0.25, 0.3) is 0 Å². The quantitative estimate of drug-likeness (QED) is 0.697. The number of hydrogen-bond donors (Lipinski definition) is 2. The van der Waals surface area contributed by atoms with Crippen LogP contribution in [-0.4, -0.2) is 9.97 Å². The van der Waals surface area contributed by atoms with E-state index in [0.29, 0.717) is 28.2 Å². The highest BCUT2D eigenvalue weighted by Gasteiger charge is 2.11. The first-order valence-corrected chi connectivity index (χ1v) is 7.93. The van der Waals surface area contributed by atoms with Gasteiger partial charge in [0.25, 0.3) is 0 Å². The Morgan fingerprint density at radius 1 is 1.12 bits per heavy atom. The van der Waals surface area contributed by atoms with Gasteiger partial charge in [-0.05, 0) is 42.3 Å². The molecule has 3 rings (SSSR count). The number of ether oxygens (including phenoxy) is 1. The number of nitrogens with two attached hydrogens (primary N) is 1. The van der Waals surface area contributed by atoms with Gasteiger partial charge in [0.2, 0.25) is 5.88 Å². The number of nitrogens with zero attached hydrogens (tertiary/aromatic N) is 2. The van der Waals surface area contributed by atoms with Gasteiger partial charge in [-0.1, -0.05) is 36.7 Å². The molecule has 122 valence electrons. The van der Waals surface area contributed by atoms with Crippen LogP contribution in [0.5, 0.6) is 11.6 Å². The average molecular weight is 341 g/mol. The van der Waals surface area contributed by atoms with E-state index in [-0.39, 0.29) is 0 Å². The third kappa shape index (κ3) is 3.75. The molecule has 0 atom stereocenters. The van der Waals surface area contributed by atoms with Crippen molar-refractivity contribution in [1.29, 1.82) is 0 Å². The zero-order chi connectivity index (χ0) is 16.9. The average Bonchev–Trinajstić information content (AvgIpc) is 2.59. The normalized spacial score (nSPS) is 10.4. The number of nitrogens with one attached hydrogen (secondary N) is 1. The Hall–Kier alpha value is -2.79. The smallest absolute Gasteiger partial charge is 0.248 e. The Kier molecular flexibility index (Phi) is 4.82. The van der Waals surface area contributed by atoms with Crippen molar-refractivity contribution in [1.82, 2.24) is 9.97 Å². The van der Waals surface area contributed by atoms with Gasteiger partial charge in [-0.2, -0.15) is 4.98 Å². The second-order valence-electron chi connectivity index (χ2n) is 5.18. The number of rotatable bonds is 5. The van der Waals surface area contributed by atoms with Crippen molar-refractivity contribution in [2.24, 2.45) is 0 Å². The van der Waals surface area contributed by atoms with Crippen molar-refractivity contribution in [3.63, 3.8) is 0 Å². The zero-order valence-corrected chi connectivity index (χ0v) is 13.9. The molecular formula is C18H17ClN4O. The van der Waals surface area contributed by atoms with Gasteiger partial charge in [0, 0.05) is 10.7 Å². The van der Waals surface area contributed by atoms with Crippen molar-refractivity contribution in [3.8, 4) is 11.6 Å². The number of halogens is 1. The lowest BCUT2D eigenvalue weighted by atomic mass is 10.2. The van der Waals surface area contributed by atoms with E-state index in [9.17, 15) is 0 Å². The lowest BCUT2D eigenvalue weighted by Crippen LogP contribution is -2.03. The molecular weight excluding hydrogens is 324 g/mol. The van der Waals surface area contributed by atoms with Crippen LogP contribution in [0.3, 0.4) is 0 Å². The van der Waals surface area contributed by atoms with Gasteiger partial charge in [0.1, 0.15) is 17.8 Å². The third-order valence-electron chi connectivity index (χ3n) is 3.48. The second-order valence-corrected chi connectivity index (χ2v) is 5.61. The molecule has 0 amide bonds. The molecule has 0 fully saturated rings. The summed E-state index contributed by atoms with van der Waals surface area (Å²) in [7, 11) is 0. The van der Waals surface area contributed by atoms with Crippen LogP contribution in [0, 0.1) is 0 Å². The van der Waals surface area contributed by atoms with Crippen molar-refractivity contribution < 1.29 is 4.74 Å². The number of aromatic nitrogens is 2. The van der Waals surface area contributed by atoms with Crippen molar-refractivity contribution in [2.75, 3.05) is 11.1 Å². The van der Waals surface area contributed by atoms with E-state index >= 15 is 0 Å². The molecule has 3 aromatic rings. The molecule has 0 saturated carbocycles. The highest BCUT2D eigenvalue weighted by Crippen LogP contribution is 2.31. The molecule has 0 aliphatic rings. The zero-order valence-electron chi connectivity index (χ0n) is 13.2. The minimum atomic E-state index is 0.304. The van der Waals surface area contributed by atoms with E-state index in [2.05, 4.69) is 22.2 Å². The molecule has 5 nitrogen and oxygen atoms in total. The monoisotopic (exact) mass is 340 g/mol. The van der Waals surface area contributed by atoms with Crippen LogP contribution in [0.2, 0.25) is 5.02 Å². The van der Waals surface area contributed by atoms with E-state index in [0.717, 1.165) is 12.1 Å². The molecule has 0 spiro atoms. The predicted octanol–water partition coefficient (Wildman–Crippen LogP) is 4.81. The molecule has 3 N–H and O–H groups in total. The lowest BCUT2D eigenvalue weighted by Gasteiger charge is -2.12. The summed E-state index contributed by atoms with van der Waals surface area (Å²) >= 11 is 5.99. The number of aryl methyl sites for hydroxylation is 1. The van der Waals surface area contributed by atoms with Crippen molar-refractivity contribution >= 4 is 28.8 Å². The maximum Gasteiger partial charge on any atom is 0.248 e. The number of benzene rings is 2. The maximum absolute atomic E-state index is 6.13. The fourth-order valence-electron chi connectivity index (χ4n) is 2.17. The molecule has 0 aliphatic heterocycles. The molecule has 0 aliphatic carbocycles. The van der Waals surface area contributed by atoms with Gasteiger partial charge in [0.05, 0.1) is 0 Å². The first-order chi connectivity index (χ1) is 11.7. The van der Waals surface area contributed by atoms with Crippen molar-refractivity contribution in [3.05, 3.63) is 65.4 Å². The molecule has 1 aromatic heterocycles. The fraction of sp³-hybridized carbons (Fsp3) is 0.111. The first kappa shape index (κ1) is 16.1. The van der Waals surface area contributed by atoms with Crippen LogP contribution >= 0.6 is 11.6 Å². The lowest BCUT2D eigenvalue weighted by molar-refractivity contribution is 0.464. The topological polar surface area (TPSA) is 73.1 Å². The standard InChI is InChI=1S/C18H17ClN4O/c1-2-12-6-8-15(9-7-12)24-18-16(20)17(21-11-22-18)23-14-5-3-4-13(19)10-14/h3-11H,2,20H2,1H3,(H,21,22,23). The summed E-state index contributed by atoms with van der Waals surface area (Å²) in [5.74, 6) is 1.44. The molecule has 0 saturated heterocycles. The Labute approximate surface area is 145 Å². The molecule has 0 radical (unpaired) electrons. The van der Waals surface area contributed by atoms with Crippen LogP contribution in [0.4, 0.5) is 17.2 Å². The summed E-state index contributed by atoms with van der Waals surface area (Å²) < 4.78 is 5.77. The molecule has 2 aromatic carbocycles. The van der Waals surface area contributed by atoms with E-state index in [1.807, 2.05) is 36.4 Å². The van der Waals surface area contributed by atoms with Gasteiger partial charge < -0.3 is 15.8 Å². The van der Waals surface area contributed by atoms with Gasteiger partial charge in [-0.25, -0.2) is 4.98 Å². The summed E-state index contributed by atoms with van der Waals surface area (Å²) in [4.78, 5) is 8.27. The molecule has 24 heavy (non-hydrogen) atoms. The fourth-order valence-corrected chi connectivity index (χ4v) is 2.36. The van der Waals surface area contributed by atoms with E-state index in [4.69, 9.17) is 22.1 Å². The summed E-state index contributed by atoms with van der Waals surface area (Å²) in [6.07, 6.45) is 2.38. The van der Waals surface area contributed by atoms with Crippen LogP contribution < -0.4 is 15.8 Å². The number of anilines is 3. The third-order valence-corrected chi connectivity index (χ3v) is 3.72. The SMILES string of the molecule is CCc1ccc(Oc2ncnc(Nc3cccc(Cl)c3)c2N)cc1. The summed E-state index contributed by atoms with van der Waals surface area (Å²) in [6.45, 7) is 2.10. The van der Waals surface area contributed by atoms with E-state index in [1.54, 1.807) is 12.1 Å². The number of nitrogen functional groups attached to an aromatic ring is 1. The molecule has 6 heteroatoms. The minimum absolute atomic E-state index is 0.304. The van der Waals surface area contributed by atoms with Gasteiger partial charge in [-0.15, -0.1) is 0 Å². The minimum Gasteiger partial charge on any atom is -0.437 e. The van der Waals surface area contributed by atoms with E-state index < -0.39 is 0 Å². The van der Waals surface area contributed by atoms with Gasteiger partial charge in [-0.3, -0.25) is 0 Å². The number of hydrogen-bond acceptors (Lipinski definition) is 5. The first-order valence-electron chi connectivity index (χ1n) is 7.55. The maximum atomic E-state index is 6.13. The Morgan fingerprint density at radius 3 is 2.62 bits per heavy atom. The summed E-state index contributed by atoms with van der Waals surface area (Å²) in [6, 6.07) is 15.1. The highest BCUT2D eigenvalue weighted by atomic mass is 35.5. The second kappa shape index (κ2) is 7.19. The Morgan fingerprint density at radius 2 is 1.92 bits per heavy atom. The molecule has 0 bridgehead atoms. The highest BCUT2D eigenvalue weighted by molar-refractivity contribution is 6.30. The summed E-state index contributed by atoms with van der Waals surface area (Å²) in [5, 5.41) is 3.74. The molecule has 1 heterocycles. The van der Waals surface area contributed by atoms with E-state index in [1.165, 1.54) is 11.9 Å².